The highest BCUT2D eigenvalue weighted by molar-refractivity contribution is 6.01. The maximum Gasteiger partial charge on any atom is 0.252 e. The summed E-state index contributed by atoms with van der Waals surface area (Å²) in [6, 6.07) is 14.7. The van der Waals surface area contributed by atoms with E-state index >= 15 is 0 Å². The van der Waals surface area contributed by atoms with Gasteiger partial charge in [0, 0.05) is 36.1 Å². The van der Waals surface area contributed by atoms with E-state index in [0.717, 1.165) is 71.3 Å². The number of aromatic nitrogens is 4. The normalized spacial score (nSPS) is 16.7. The molecule has 7 nitrogen and oxygen atoms in total. The summed E-state index contributed by atoms with van der Waals surface area (Å²) in [7, 11) is 3.97. The molecule has 42 heavy (non-hydrogen) atoms. The maximum absolute atomic E-state index is 13.9. The molecule has 0 radical (unpaired) electrons. The van der Waals surface area contributed by atoms with Gasteiger partial charge in [-0.2, -0.15) is 0 Å². The minimum Gasteiger partial charge on any atom is -0.342 e. The van der Waals surface area contributed by atoms with Crippen molar-refractivity contribution in [1.82, 2.24) is 24.4 Å². The highest BCUT2D eigenvalue weighted by Gasteiger charge is 2.44. The van der Waals surface area contributed by atoms with Crippen molar-refractivity contribution >= 4 is 33.6 Å². The highest BCUT2D eigenvalue weighted by atomic mass is 19.1. The van der Waals surface area contributed by atoms with E-state index in [1.807, 2.05) is 49.0 Å². The first-order valence-electron chi connectivity index (χ1n) is 14.8. The topological polar surface area (TPSA) is 81.8 Å². The van der Waals surface area contributed by atoms with E-state index in [1.54, 1.807) is 13.0 Å². The van der Waals surface area contributed by atoms with E-state index < -0.39 is 5.54 Å². The van der Waals surface area contributed by atoms with Gasteiger partial charge in [0.1, 0.15) is 11.6 Å². The van der Waals surface area contributed by atoms with Crippen LogP contribution in [-0.2, 0) is 19.6 Å². The van der Waals surface area contributed by atoms with Crippen molar-refractivity contribution in [1.29, 1.82) is 0 Å². The predicted octanol–water partition coefficient (Wildman–Crippen LogP) is 6.94. The highest BCUT2D eigenvalue weighted by Crippen LogP contribution is 2.45. The molecule has 214 valence electrons. The zero-order valence-corrected chi connectivity index (χ0v) is 24.2. The Morgan fingerprint density at radius 3 is 2.36 bits per heavy atom. The van der Waals surface area contributed by atoms with Crippen LogP contribution in [0.3, 0.4) is 0 Å². The lowest BCUT2D eigenvalue weighted by molar-refractivity contribution is 0.0805. The Balaban J connectivity index is 1.27. The molecule has 0 saturated heterocycles. The Bertz CT molecular complexity index is 1870. The van der Waals surface area contributed by atoms with Gasteiger partial charge in [-0.15, -0.1) is 0 Å². The molecule has 0 aliphatic heterocycles. The Morgan fingerprint density at radius 1 is 0.929 bits per heavy atom. The number of ketones is 1. The molecule has 0 spiro atoms. The molecular formula is C34H34FN5O2. The van der Waals surface area contributed by atoms with Gasteiger partial charge in [0.15, 0.2) is 5.78 Å². The van der Waals surface area contributed by atoms with E-state index in [-0.39, 0.29) is 17.5 Å². The summed E-state index contributed by atoms with van der Waals surface area (Å²) in [5.41, 5.74) is 6.28. The van der Waals surface area contributed by atoms with Gasteiger partial charge in [0.2, 0.25) is 0 Å². The third-order valence-corrected chi connectivity index (χ3v) is 9.51. The number of nitrogens with zero attached hydrogens (tertiary/aromatic N) is 4. The van der Waals surface area contributed by atoms with Gasteiger partial charge in [0.25, 0.3) is 5.91 Å². The van der Waals surface area contributed by atoms with Crippen LogP contribution < -0.4 is 5.32 Å². The number of amides is 1. The van der Waals surface area contributed by atoms with Crippen molar-refractivity contribution in [3.63, 3.8) is 0 Å². The number of benzene rings is 2. The number of pyridine rings is 1. The fraction of sp³-hybridized carbons (Fsp3) is 0.353. The Kier molecular flexibility index (Phi) is 6.26. The first kappa shape index (κ1) is 26.6. The summed E-state index contributed by atoms with van der Waals surface area (Å²) in [4.78, 5) is 35.1. The molecule has 3 aromatic heterocycles. The summed E-state index contributed by atoms with van der Waals surface area (Å²) in [6.07, 6.45) is 8.48. The monoisotopic (exact) mass is 563 g/mol. The third-order valence-electron chi connectivity index (χ3n) is 9.51. The van der Waals surface area contributed by atoms with E-state index in [4.69, 9.17) is 4.98 Å². The molecule has 2 saturated carbocycles. The van der Waals surface area contributed by atoms with Gasteiger partial charge in [0.05, 0.1) is 34.2 Å². The van der Waals surface area contributed by atoms with Crippen molar-refractivity contribution in [2.75, 3.05) is 0 Å². The number of rotatable bonds is 6. The number of carbonyl (C=O) groups is 2. The number of Topliss-reactive ketones (excluding diaryl/α,β-unsaturated/α-hetero) is 1. The summed E-state index contributed by atoms with van der Waals surface area (Å²) in [5, 5.41) is 4.47. The second-order valence-electron chi connectivity index (χ2n) is 12.0. The van der Waals surface area contributed by atoms with Crippen LogP contribution in [0.1, 0.15) is 89.9 Å². The van der Waals surface area contributed by atoms with Crippen LogP contribution in [0, 0.1) is 5.82 Å². The minimum atomic E-state index is -0.567. The van der Waals surface area contributed by atoms with Crippen LogP contribution >= 0.6 is 0 Å². The first-order chi connectivity index (χ1) is 20.3. The molecule has 1 amide bonds. The lowest BCUT2D eigenvalue weighted by atomic mass is 9.75. The van der Waals surface area contributed by atoms with Gasteiger partial charge in [-0.25, -0.2) is 9.37 Å². The van der Waals surface area contributed by atoms with E-state index in [0.29, 0.717) is 17.0 Å². The zero-order chi connectivity index (χ0) is 29.2. The van der Waals surface area contributed by atoms with E-state index in [2.05, 4.69) is 20.9 Å². The number of halogens is 1. The fourth-order valence-electron chi connectivity index (χ4n) is 7.13. The molecule has 2 aromatic carbocycles. The van der Waals surface area contributed by atoms with Crippen LogP contribution in [0.2, 0.25) is 0 Å². The molecule has 2 aliphatic rings. The third kappa shape index (κ3) is 4.15. The molecule has 0 atom stereocenters. The van der Waals surface area contributed by atoms with Crippen molar-refractivity contribution in [3.05, 3.63) is 83.1 Å². The standard InChI is InChI=1S/C34H34FN5O2/c1-20(41)22-10-14-28-27(17-22)37-33(40(28)3)34(15-6-16-34)38-32(42)23-9-12-25-29(18-23)39(2)31(26-13-11-24(35)19-36-26)30(25)21-7-4-5-8-21/h9-14,17-19,21H,4-8,15-16H2,1-3H3,(H,38,42). The smallest absolute Gasteiger partial charge is 0.252 e. The van der Waals surface area contributed by atoms with Crippen molar-refractivity contribution < 1.29 is 14.0 Å². The molecule has 5 aromatic rings. The Hall–Kier alpha value is -4.33. The van der Waals surface area contributed by atoms with Gasteiger partial charge in [-0.05, 0) is 93.0 Å². The molecule has 2 aliphatic carbocycles. The summed E-state index contributed by atoms with van der Waals surface area (Å²) in [6.45, 7) is 1.55. The Labute approximate surface area is 243 Å². The molecule has 0 bridgehead atoms. The maximum atomic E-state index is 13.9. The van der Waals surface area contributed by atoms with Crippen LogP contribution in [0.25, 0.3) is 33.3 Å². The van der Waals surface area contributed by atoms with Crippen molar-refractivity contribution in [2.45, 2.75) is 63.3 Å². The minimum absolute atomic E-state index is 0.00119. The van der Waals surface area contributed by atoms with Crippen LogP contribution in [-0.4, -0.2) is 30.8 Å². The quantitative estimate of drug-likeness (QED) is 0.227. The molecule has 8 heteroatoms. The number of imidazole rings is 1. The van der Waals surface area contributed by atoms with Crippen molar-refractivity contribution in [3.8, 4) is 11.4 Å². The molecule has 2 fully saturated rings. The second kappa shape index (κ2) is 9.89. The largest absolute Gasteiger partial charge is 0.342 e. The molecule has 3 heterocycles. The summed E-state index contributed by atoms with van der Waals surface area (Å²) < 4.78 is 17.9. The lowest BCUT2D eigenvalue weighted by Gasteiger charge is -2.41. The second-order valence-corrected chi connectivity index (χ2v) is 12.0. The molecular weight excluding hydrogens is 529 g/mol. The van der Waals surface area contributed by atoms with E-state index in [9.17, 15) is 14.0 Å². The average Bonchev–Trinajstić information content (AvgIpc) is 3.68. The molecule has 0 unspecified atom stereocenters. The lowest BCUT2D eigenvalue weighted by Crippen LogP contribution is -2.52. The van der Waals surface area contributed by atoms with E-state index in [1.165, 1.54) is 30.7 Å². The van der Waals surface area contributed by atoms with Crippen LogP contribution in [0.4, 0.5) is 4.39 Å². The number of carbonyl (C=O) groups excluding carboxylic acids is 2. The summed E-state index contributed by atoms with van der Waals surface area (Å²) >= 11 is 0. The van der Waals surface area contributed by atoms with Crippen LogP contribution in [0.15, 0.2) is 54.7 Å². The number of nitrogens with one attached hydrogen (secondary N) is 1. The first-order valence-corrected chi connectivity index (χ1v) is 14.8. The molecule has 1 N–H and O–H groups in total. The van der Waals surface area contributed by atoms with Crippen LogP contribution in [0.5, 0.6) is 0 Å². The van der Waals surface area contributed by atoms with Gasteiger partial charge in [-0.3, -0.25) is 14.6 Å². The van der Waals surface area contributed by atoms with Gasteiger partial charge in [-0.1, -0.05) is 18.9 Å². The Morgan fingerprint density at radius 2 is 1.69 bits per heavy atom. The van der Waals surface area contributed by atoms with Gasteiger partial charge < -0.3 is 14.5 Å². The fourth-order valence-corrected chi connectivity index (χ4v) is 7.13. The average molecular weight is 564 g/mol. The number of hydrogen-bond acceptors (Lipinski definition) is 4. The SMILES string of the molecule is CC(=O)c1ccc2c(c1)nc(C1(NC(=O)c3ccc4c(C5CCCC5)c(-c5ccc(F)cn5)n(C)c4c3)CCC1)n2C. The number of fused-ring (bicyclic) bond motifs is 2. The number of aryl methyl sites for hydroxylation is 2. The molecule has 7 rings (SSSR count). The van der Waals surface area contributed by atoms with Gasteiger partial charge >= 0.3 is 0 Å². The summed E-state index contributed by atoms with van der Waals surface area (Å²) in [5.74, 6) is 0.726. The zero-order valence-electron chi connectivity index (χ0n) is 24.2. The predicted molar refractivity (Wildman–Crippen MR) is 161 cm³/mol. The number of hydrogen-bond donors (Lipinski definition) is 1. The van der Waals surface area contributed by atoms with Crippen molar-refractivity contribution in [2.24, 2.45) is 14.1 Å².